The lowest BCUT2D eigenvalue weighted by molar-refractivity contribution is 0.624. The van der Waals surface area contributed by atoms with Gasteiger partial charge in [0.15, 0.2) is 0 Å². The van der Waals surface area contributed by atoms with Crippen LogP contribution in [0.4, 0.5) is 5.95 Å². The van der Waals surface area contributed by atoms with Crippen LogP contribution < -0.4 is 11.1 Å². The van der Waals surface area contributed by atoms with E-state index >= 15 is 0 Å². The van der Waals surface area contributed by atoms with Gasteiger partial charge >= 0.3 is 0 Å². The Labute approximate surface area is 85.0 Å². The summed E-state index contributed by atoms with van der Waals surface area (Å²) in [5, 5.41) is 3.22. The first-order valence-electron chi connectivity index (χ1n) is 4.73. The number of aryl methyl sites for hydroxylation is 1. The topological polar surface area (TPSA) is 63.8 Å². The van der Waals surface area contributed by atoms with Gasteiger partial charge in [0, 0.05) is 17.8 Å². The highest BCUT2D eigenvalue weighted by atomic mass is 15.1. The first-order chi connectivity index (χ1) is 6.40. The van der Waals surface area contributed by atoms with E-state index in [0.29, 0.717) is 12.5 Å². The minimum absolute atomic E-state index is 0.0281. The predicted octanol–water partition coefficient (Wildman–Crippen LogP) is 1.45. The van der Waals surface area contributed by atoms with Crippen molar-refractivity contribution in [2.75, 3.05) is 5.32 Å². The average Bonchev–Trinajstić information content (AvgIpc) is 1.99. The van der Waals surface area contributed by atoms with Crippen LogP contribution in [0, 0.1) is 6.92 Å². The number of hydrogen-bond donors (Lipinski definition) is 2. The highest BCUT2D eigenvalue weighted by Gasteiger charge is 2.11. The Kier molecular flexibility index (Phi) is 3.06. The summed E-state index contributed by atoms with van der Waals surface area (Å²) in [7, 11) is 0. The number of nitrogens with one attached hydrogen (secondary N) is 1. The lowest BCUT2D eigenvalue weighted by Gasteiger charge is -2.20. The molecule has 1 heterocycles. The van der Waals surface area contributed by atoms with E-state index in [1.807, 2.05) is 13.0 Å². The minimum atomic E-state index is -0.0281. The second-order valence-corrected chi connectivity index (χ2v) is 4.40. The van der Waals surface area contributed by atoms with E-state index in [9.17, 15) is 0 Å². The van der Waals surface area contributed by atoms with Gasteiger partial charge in [-0.25, -0.2) is 9.97 Å². The molecule has 0 radical (unpaired) electrons. The Morgan fingerprint density at radius 3 is 2.50 bits per heavy atom. The fraction of sp³-hybridized carbons (Fsp3) is 0.600. The predicted molar refractivity (Wildman–Crippen MR) is 58.0 cm³/mol. The standard InChI is InChI=1S/C10H18N4/c1-7-5-8(6-11)13-9(12-7)14-10(2,3)4/h5H,6,11H2,1-4H3,(H,12,13,14). The van der Waals surface area contributed by atoms with Crippen molar-refractivity contribution in [2.24, 2.45) is 5.73 Å². The van der Waals surface area contributed by atoms with Crippen LogP contribution in [0.1, 0.15) is 32.2 Å². The third-order valence-corrected chi connectivity index (χ3v) is 1.60. The summed E-state index contributed by atoms with van der Waals surface area (Å²) in [6, 6.07) is 1.90. The fourth-order valence-electron chi connectivity index (χ4n) is 1.13. The van der Waals surface area contributed by atoms with Gasteiger partial charge in [-0.3, -0.25) is 0 Å². The highest BCUT2D eigenvalue weighted by molar-refractivity contribution is 5.30. The molecule has 0 bridgehead atoms. The van der Waals surface area contributed by atoms with E-state index in [4.69, 9.17) is 5.73 Å². The maximum atomic E-state index is 5.53. The zero-order valence-electron chi connectivity index (χ0n) is 9.26. The van der Waals surface area contributed by atoms with Crippen molar-refractivity contribution in [3.05, 3.63) is 17.5 Å². The number of rotatable bonds is 2. The largest absolute Gasteiger partial charge is 0.350 e. The fourth-order valence-corrected chi connectivity index (χ4v) is 1.13. The van der Waals surface area contributed by atoms with E-state index in [0.717, 1.165) is 11.4 Å². The van der Waals surface area contributed by atoms with Crippen LogP contribution in [0.25, 0.3) is 0 Å². The van der Waals surface area contributed by atoms with Gasteiger partial charge in [0.25, 0.3) is 0 Å². The summed E-state index contributed by atoms with van der Waals surface area (Å²) >= 11 is 0. The molecule has 0 saturated heterocycles. The molecule has 0 aliphatic rings. The molecule has 0 unspecified atom stereocenters. The molecule has 1 aromatic rings. The molecule has 0 atom stereocenters. The summed E-state index contributed by atoms with van der Waals surface area (Å²) in [4.78, 5) is 8.58. The van der Waals surface area contributed by atoms with Gasteiger partial charge in [0.2, 0.25) is 5.95 Å². The highest BCUT2D eigenvalue weighted by Crippen LogP contribution is 2.11. The first kappa shape index (κ1) is 10.9. The zero-order chi connectivity index (χ0) is 10.8. The van der Waals surface area contributed by atoms with E-state index in [1.54, 1.807) is 0 Å². The summed E-state index contributed by atoms with van der Waals surface area (Å²) < 4.78 is 0. The lowest BCUT2D eigenvalue weighted by Crippen LogP contribution is -2.27. The van der Waals surface area contributed by atoms with E-state index < -0.39 is 0 Å². The smallest absolute Gasteiger partial charge is 0.223 e. The number of aromatic nitrogens is 2. The Morgan fingerprint density at radius 2 is 2.00 bits per heavy atom. The van der Waals surface area contributed by atoms with Crippen molar-refractivity contribution in [1.29, 1.82) is 0 Å². The summed E-state index contributed by atoms with van der Waals surface area (Å²) in [6.45, 7) is 8.60. The molecule has 0 aromatic carbocycles. The molecule has 0 spiro atoms. The van der Waals surface area contributed by atoms with Crippen molar-refractivity contribution < 1.29 is 0 Å². The second-order valence-electron chi connectivity index (χ2n) is 4.40. The molecular formula is C10H18N4. The van der Waals surface area contributed by atoms with Crippen LogP contribution >= 0.6 is 0 Å². The van der Waals surface area contributed by atoms with Gasteiger partial charge in [-0.15, -0.1) is 0 Å². The van der Waals surface area contributed by atoms with Crippen molar-refractivity contribution in [2.45, 2.75) is 39.8 Å². The van der Waals surface area contributed by atoms with Gasteiger partial charge in [-0.1, -0.05) is 0 Å². The number of nitrogens with zero attached hydrogens (tertiary/aromatic N) is 2. The molecule has 0 saturated carbocycles. The molecule has 14 heavy (non-hydrogen) atoms. The van der Waals surface area contributed by atoms with Crippen LogP contribution in [0.3, 0.4) is 0 Å². The lowest BCUT2D eigenvalue weighted by atomic mass is 10.1. The quantitative estimate of drug-likeness (QED) is 0.748. The van der Waals surface area contributed by atoms with Crippen molar-refractivity contribution in [3.63, 3.8) is 0 Å². The van der Waals surface area contributed by atoms with E-state index in [2.05, 4.69) is 36.1 Å². The molecule has 78 valence electrons. The Hall–Kier alpha value is -1.16. The first-order valence-corrected chi connectivity index (χ1v) is 4.73. The average molecular weight is 194 g/mol. The third kappa shape index (κ3) is 3.30. The van der Waals surface area contributed by atoms with E-state index in [1.165, 1.54) is 0 Å². The van der Waals surface area contributed by atoms with E-state index in [-0.39, 0.29) is 5.54 Å². The second kappa shape index (κ2) is 3.92. The summed E-state index contributed by atoms with van der Waals surface area (Å²) in [5.41, 5.74) is 7.31. The summed E-state index contributed by atoms with van der Waals surface area (Å²) in [5.74, 6) is 0.651. The number of hydrogen-bond acceptors (Lipinski definition) is 4. The van der Waals surface area contributed by atoms with Gasteiger partial charge in [0.1, 0.15) is 0 Å². The molecule has 4 heteroatoms. The summed E-state index contributed by atoms with van der Waals surface area (Å²) in [6.07, 6.45) is 0. The van der Waals surface area contributed by atoms with Gasteiger partial charge in [-0.2, -0.15) is 0 Å². The molecule has 3 N–H and O–H groups in total. The Bertz CT molecular complexity index is 314. The minimum Gasteiger partial charge on any atom is -0.350 e. The van der Waals surface area contributed by atoms with Crippen LogP contribution in [0.2, 0.25) is 0 Å². The molecule has 0 aliphatic carbocycles. The van der Waals surface area contributed by atoms with Crippen LogP contribution in [-0.2, 0) is 6.54 Å². The maximum absolute atomic E-state index is 5.53. The third-order valence-electron chi connectivity index (χ3n) is 1.60. The molecule has 1 rings (SSSR count). The van der Waals surface area contributed by atoms with Crippen molar-refractivity contribution in [1.82, 2.24) is 9.97 Å². The monoisotopic (exact) mass is 194 g/mol. The Balaban J connectivity index is 2.92. The molecule has 0 fully saturated rings. The van der Waals surface area contributed by atoms with Gasteiger partial charge < -0.3 is 11.1 Å². The molecule has 4 nitrogen and oxygen atoms in total. The van der Waals surface area contributed by atoms with Gasteiger partial charge in [-0.05, 0) is 33.8 Å². The van der Waals surface area contributed by atoms with Crippen molar-refractivity contribution >= 4 is 5.95 Å². The SMILES string of the molecule is Cc1cc(CN)nc(NC(C)(C)C)n1. The zero-order valence-corrected chi connectivity index (χ0v) is 9.26. The molecule has 0 amide bonds. The van der Waals surface area contributed by atoms with Gasteiger partial charge in [0.05, 0.1) is 5.69 Å². The van der Waals surface area contributed by atoms with Crippen LogP contribution in [0.15, 0.2) is 6.07 Å². The van der Waals surface area contributed by atoms with Crippen molar-refractivity contribution in [3.8, 4) is 0 Å². The van der Waals surface area contributed by atoms with Crippen LogP contribution in [-0.4, -0.2) is 15.5 Å². The molecule has 0 aliphatic heterocycles. The Morgan fingerprint density at radius 1 is 1.36 bits per heavy atom. The molecular weight excluding hydrogens is 176 g/mol. The normalized spacial score (nSPS) is 11.5. The number of anilines is 1. The number of nitrogens with two attached hydrogens (primary N) is 1. The molecule has 1 aromatic heterocycles. The van der Waals surface area contributed by atoms with Crippen LogP contribution in [0.5, 0.6) is 0 Å². The maximum Gasteiger partial charge on any atom is 0.223 e.